The fourth-order valence-corrected chi connectivity index (χ4v) is 4.67. The lowest BCUT2D eigenvalue weighted by atomic mass is 9.54. The molecule has 90 valence electrons. The summed E-state index contributed by atoms with van der Waals surface area (Å²) in [7, 11) is 0. The third kappa shape index (κ3) is 2.12. The maximum absolute atomic E-state index is 11.8. The lowest BCUT2D eigenvalue weighted by molar-refractivity contribution is -0.183. The number of rotatable bonds is 2. The largest absolute Gasteiger partial charge is 0.458 e. The highest BCUT2D eigenvalue weighted by Gasteiger charge is 2.53. The molecule has 4 aliphatic rings. The Hall–Kier alpha value is 0.930. The van der Waals surface area contributed by atoms with Crippen molar-refractivity contribution >= 4 is 51.2 Å². The molecule has 4 saturated carbocycles. The standard InChI is InChI=1S/C12H16I2O2/c13-10(14)11(15)16-12-4-7-1-8(5-12)3-9(2-7)6-12/h7-10H,1-6H2. The van der Waals surface area contributed by atoms with Gasteiger partial charge in [0.05, 0.1) is 0 Å². The molecule has 0 aromatic heterocycles. The molecule has 0 unspecified atom stereocenters. The van der Waals surface area contributed by atoms with Gasteiger partial charge >= 0.3 is 5.97 Å². The molecule has 0 aliphatic heterocycles. The predicted molar refractivity (Wildman–Crippen MR) is 78.8 cm³/mol. The Labute approximate surface area is 124 Å². The van der Waals surface area contributed by atoms with Crippen molar-refractivity contribution in [3.05, 3.63) is 0 Å². The first-order valence-corrected chi connectivity index (χ1v) is 8.56. The molecule has 4 heteroatoms. The van der Waals surface area contributed by atoms with Gasteiger partial charge in [0.2, 0.25) is 0 Å². The number of halogens is 2. The van der Waals surface area contributed by atoms with Crippen LogP contribution in [0.15, 0.2) is 0 Å². The smallest absolute Gasteiger partial charge is 0.329 e. The van der Waals surface area contributed by atoms with Crippen molar-refractivity contribution in [2.45, 2.75) is 46.1 Å². The Bertz CT molecular complexity index is 279. The number of hydrogen-bond acceptors (Lipinski definition) is 2. The van der Waals surface area contributed by atoms with E-state index in [0.717, 1.165) is 37.0 Å². The van der Waals surface area contributed by atoms with E-state index in [2.05, 4.69) is 45.2 Å². The van der Waals surface area contributed by atoms with Crippen LogP contribution in [0.2, 0.25) is 0 Å². The van der Waals surface area contributed by atoms with Crippen LogP contribution in [-0.4, -0.2) is 13.5 Å². The van der Waals surface area contributed by atoms with E-state index in [0.29, 0.717) is 0 Å². The molecule has 0 radical (unpaired) electrons. The molecule has 4 aliphatic carbocycles. The van der Waals surface area contributed by atoms with Gasteiger partial charge in [0, 0.05) is 0 Å². The van der Waals surface area contributed by atoms with Crippen molar-refractivity contribution in [3.8, 4) is 0 Å². The van der Waals surface area contributed by atoms with Gasteiger partial charge in [-0.3, -0.25) is 4.79 Å². The Morgan fingerprint density at radius 3 is 1.88 bits per heavy atom. The van der Waals surface area contributed by atoms with Gasteiger partial charge in [0.25, 0.3) is 0 Å². The molecule has 0 amide bonds. The Morgan fingerprint density at radius 1 is 1.06 bits per heavy atom. The minimum Gasteiger partial charge on any atom is -0.458 e. The second-order valence-electron chi connectivity index (χ2n) is 5.82. The van der Waals surface area contributed by atoms with Gasteiger partial charge < -0.3 is 4.74 Å². The summed E-state index contributed by atoms with van der Waals surface area (Å²) in [5.41, 5.74) is -0.0551. The Balaban J connectivity index is 1.76. The van der Waals surface area contributed by atoms with Gasteiger partial charge in [-0.25, -0.2) is 0 Å². The molecule has 0 heterocycles. The van der Waals surface area contributed by atoms with Crippen molar-refractivity contribution in [2.24, 2.45) is 17.8 Å². The molecule has 16 heavy (non-hydrogen) atoms. The van der Waals surface area contributed by atoms with Crippen molar-refractivity contribution in [1.29, 1.82) is 0 Å². The minimum absolute atomic E-state index is 0.0110. The van der Waals surface area contributed by atoms with Gasteiger partial charge in [-0.05, 0) is 56.3 Å². The van der Waals surface area contributed by atoms with E-state index >= 15 is 0 Å². The number of carbonyl (C=O) groups excluding carboxylic acids is 1. The predicted octanol–water partition coefficient (Wildman–Crippen LogP) is 3.69. The number of esters is 1. The van der Waals surface area contributed by atoms with Crippen LogP contribution in [0, 0.1) is 17.8 Å². The van der Waals surface area contributed by atoms with Crippen molar-refractivity contribution < 1.29 is 9.53 Å². The van der Waals surface area contributed by atoms with E-state index in [1.807, 2.05) is 0 Å². The maximum Gasteiger partial charge on any atom is 0.329 e. The molecule has 0 aromatic carbocycles. The third-order valence-corrected chi connectivity index (χ3v) is 5.49. The average molecular weight is 446 g/mol. The molecule has 0 spiro atoms. The number of carbonyl (C=O) groups is 1. The zero-order chi connectivity index (χ0) is 11.3. The molecular weight excluding hydrogens is 430 g/mol. The van der Waals surface area contributed by atoms with Crippen molar-refractivity contribution in [3.63, 3.8) is 0 Å². The van der Waals surface area contributed by atoms with Crippen LogP contribution in [0.25, 0.3) is 0 Å². The molecule has 0 N–H and O–H groups in total. The van der Waals surface area contributed by atoms with Gasteiger partial charge in [-0.2, -0.15) is 0 Å². The molecule has 4 bridgehead atoms. The van der Waals surface area contributed by atoms with Crippen LogP contribution < -0.4 is 0 Å². The summed E-state index contributed by atoms with van der Waals surface area (Å²) < 4.78 is 5.82. The number of alkyl halides is 2. The second-order valence-corrected chi connectivity index (χ2v) is 10.7. The van der Waals surface area contributed by atoms with Gasteiger partial charge in [0.1, 0.15) is 5.60 Å². The summed E-state index contributed by atoms with van der Waals surface area (Å²) in [4.78, 5) is 11.8. The third-order valence-electron chi connectivity index (χ3n) is 4.48. The number of hydrogen-bond donors (Lipinski definition) is 0. The van der Waals surface area contributed by atoms with Crippen molar-refractivity contribution in [2.75, 3.05) is 0 Å². The average Bonchev–Trinajstić information content (AvgIpc) is 2.13. The van der Waals surface area contributed by atoms with Gasteiger partial charge in [0.15, 0.2) is 1.93 Å². The van der Waals surface area contributed by atoms with Gasteiger partial charge in [-0.1, -0.05) is 45.2 Å². The molecule has 4 fully saturated rings. The van der Waals surface area contributed by atoms with Crippen LogP contribution in [0.3, 0.4) is 0 Å². The Morgan fingerprint density at radius 2 is 1.50 bits per heavy atom. The number of ether oxygens (including phenoxy) is 1. The molecular formula is C12H16I2O2. The first-order valence-electron chi connectivity index (χ1n) is 6.07. The van der Waals surface area contributed by atoms with Crippen molar-refractivity contribution in [1.82, 2.24) is 0 Å². The van der Waals surface area contributed by atoms with Crippen LogP contribution in [0.5, 0.6) is 0 Å². The minimum atomic E-state index is -0.0551. The molecule has 0 atom stereocenters. The van der Waals surface area contributed by atoms with E-state index in [1.165, 1.54) is 19.3 Å². The summed E-state index contributed by atoms with van der Waals surface area (Å²) >= 11 is 4.28. The van der Waals surface area contributed by atoms with E-state index < -0.39 is 0 Å². The van der Waals surface area contributed by atoms with E-state index in [4.69, 9.17) is 4.74 Å². The first-order chi connectivity index (χ1) is 7.56. The van der Waals surface area contributed by atoms with Gasteiger partial charge in [-0.15, -0.1) is 0 Å². The lowest BCUT2D eigenvalue weighted by Crippen LogP contribution is -2.53. The summed E-state index contributed by atoms with van der Waals surface area (Å²) in [6.45, 7) is 0. The molecule has 4 rings (SSSR count). The highest BCUT2D eigenvalue weighted by molar-refractivity contribution is 14.2. The highest BCUT2D eigenvalue weighted by atomic mass is 127. The maximum atomic E-state index is 11.8. The summed E-state index contributed by atoms with van der Waals surface area (Å²) in [6.07, 6.45) is 7.62. The quantitative estimate of drug-likeness (QED) is 0.368. The normalized spacial score (nSPS) is 45.1. The highest BCUT2D eigenvalue weighted by Crippen LogP contribution is 2.57. The summed E-state index contributed by atoms with van der Waals surface area (Å²) in [5, 5.41) is 0. The van der Waals surface area contributed by atoms with E-state index in [9.17, 15) is 4.79 Å². The van der Waals surface area contributed by atoms with Crippen LogP contribution in [0.4, 0.5) is 0 Å². The summed E-state index contributed by atoms with van der Waals surface area (Å²) in [6, 6.07) is 0. The molecule has 2 nitrogen and oxygen atoms in total. The zero-order valence-electron chi connectivity index (χ0n) is 9.12. The lowest BCUT2D eigenvalue weighted by Gasteiger charge is -2.55. The Kier molecular flexibility index (Phi) is 3.18. The zero-order valence-corrected chi connectivity index (χ0v) is 13.4. The van der Waals surface area contributed by atoms with E-state index in [1.54, 1.807) is 0 Å². The fraction of sp³-hybridized carbons (Fsp3) is 0.917. The van der Waals surface area contributed by atoms with Crippen LogP contribution in [-0.2, 0) is 9.53 Å². The topological polar surface area (TPSA) is 26.3 Å². The summed E-state index contributed by atoms with van der Waals surface area (Å²) in [5.74, 6) is 2.53. The van der Waals surface area contributed by atoms with Crippen LogP contribution in [0.1, 0.15) is 38.5 Å². The molecule has 0 aromatic rings. The first kappa shape index (κ1) is 12.0. The molecule has 0 saturated heterocycles. The van der Waals surface area contributed by atoms with E-state index in [-0.39, 0.29) is 13.5 Å². The SMILES string of the molecule is O=C(OC12CC3CC(CC(C3)C1)C2)C(I)I. The van der Waals surface area contributed by atoms with Crippen LogP contribution >= 0.6 is 45.2 Å². The second kappa shape index (κ2) is 4.24. The fourth-order valence-electron chi connectivity index (χ4n) is 4.41. The monoisotopic (exact) mass is 446 g/mol.